The van der Waals surface area contributed by atoms with Crippen molar-refractivity contribution in [2.75, 3.05) is 0 Å². The summed E-state index contributed by atoms with van der Waals surface area (Å²) in [5.74, 6) is 0.135. The van der Waals surface area contributed by atoms with E-state index in [1.165, 1.54) is 0 Å². The van der Waals surface area contributed by atoms with Crippen LogP contribution in [0, 0.1) is 23.2 Å². The molecule has 30 heavy (non-hydrogen) atoms. The number of rotatable bonds is 4. The highest BCUT2D eigenvalue weighted by Crippen LogP contribution is 2.53. The normalized spacial score (nSPS) is 28.0. The summed E-state index contributed by atoms with van der Waals surface area (Å²) in [4.78, 5) is 25.7. The Hall–Kier alpha value is -2.62. The van der Waals surface area contributed by atoms with Gasteiger partial charge in [0.1, 0.15) is 12.2 Å². The van der Waals surface area contributed by atoms with Crippen LogP contribution in [0.5, 0.6) is 0 Å². The zero-order valence-corrected chi connectivity index (χ0v) is 17.9. The van der Waals surface area contributed by atoms with Crippen molar-refractivity contribution in [1.29, 1.82) is 0 Å². The molecule has 0 amide bonds. The Balaban J connectivity index is 1.60. The fourth-order valence-corrected chi connectivity index (χ4v) is 5.28. The molecule has 158 valence electrons. The number of hydrogen-bond acceptors (Lipinski definition) is 4. The lowest BCUT2D eigenvalue weighted by atomic mass is 9.55. The van der Waals surface area contributed by atoms with Crippen LogP contribution in [0.4, 0.5) is 0 Å². The Kier molecular flexibility index (Phi) is 5.68. The summed E-state index contributed by atoms with van der Waals surface area (Å²) in [5, 5.41) is 0. The molecule has 0 N–H and O–H groups in total. The fourth-order valence-electron chi connectivity index (χ4n) is 5.28. The first-order valence-electron chi connectivity index (χ1n) is 10.9. The van der Waals surface area contributed by atoms with Crippen LogP contribution in [-0.2, 0) is 9.47 Å². The SMILES string of the molecule is CC(C)(C)C1CC2CCC1C(OC(=O)c1ccccc1)C2OC(=O)c1ccccc1. The molecule has 0 radical (unpaired) electrons. The summed E-state index contributed by atoms with van der Waals surface area (Å²) in [6.07, 6.45) is 2.19. The van der Waals surface area contributed by atoms with E-state index in [9.17, 15) is 9.59 Å². The summed E-state index contributed by atoms with van der Waals surface area (Å²) in [6.45, 7) is 6.75. The molecule has 0 aliphatic heterocycles. The molecule has 0 heterocycles. The Morgan fingerprint density at radius 3 is 1.77 bits per heavy atom. The van der Waals surface area contributed by atoms with Gasteiger partial charge < -0.3 is 9.47 Å². The lowest BCUT2D eigenvalue weighted by Crippen LogP contribution is -2.57. The molecule has 0 spiro atoms. The summed E-state index contributed by atoms with van der Waals surface area (Å²) in [5.41, 5.74) is 1.16. The average Bonchev–Trinajstić information content (AvgIpc) is 2.76. The average molecular weight is 407 g/mol. The van der Waals surface area contributed by atoms with Gasteiger partial charge in [0.15, 0.2) is 0 Å². The molecule has 5 rings (SSSR count). The van der Waals surface area contributed by atoms with Crippen molar-refractivity contribution in [1.82, 2.24) is 0 Å². The van der Waals surface area contributed by atoms with E-state index in [4.69, 9.17) is 9.47 Å². The Morgan fingerprint density at radius 1 is 0.767 bits per heavy atom. The Morgan fingerprint density at radius 2 is 1.27 bits per heavy atom. The van der Waals surface area contributed by atoms with Crippen LogP contribution in [0.15, 0.2) is 60.7 Å². The van der Waals surface area contributed by atoms with Gasteiger partial charge >= 0.3 is 11.9 Å². The van der Waals surface area contributed by atoms with E-state index in [0.29, 0.717) is 17.0 Å². The van der Waals surface area contributed by atoms with Gasteiger partial charge in [-0.2, -0.15) is 0 Å². The molecule has 3 fully saturated rings. The van der Waals surface area contributed by atoms with Crippen molar-refractivity contribution in [3.63, 3.8) is 0 Å². The second-order valence-corrected chi connectivity index (χ2v) is 9.68. The van der Waals surface area contributed by atoms with E-state index >= 15 is 0 Å². The van der Waals surface area contributed by atoms with Crippen LogP contribution >= 0.6 is 0 Å². The van der Waals surface area contributed by atoms with Gasteiger partial charge in [-0.05, 0) is 60.8 Å². The molecule has 2 bridgehead atoms. The van der Waals surface area contributed by atoms with Crippen molar-refractivity contribution in [3.8, 4) is 0 Å². The zero-order chi connectivity index (χ0) is 21.3. The van der Waals surface area contributed by atoms with Gasteiger partial charge in [-0.3, -0.25) is 0 Å². The summed E-state index contributed by atoms with van der Waals surface area (Å²) < 4.78 is 12.1. The van der Waals surface area contributed by atoms with Crippen molar-refractivity contribution >= 4 is 11.9 Å². The maximum atomic E-state index is 12.9. The van der Waals surface area contributed by atoms with E-state index < -0.39 is 12.2 Å². The summed E-state index contributed by atoms with van der Waals surface area (Å²) >= 11 is 0. The molecule has 4 heteroatoms. The molecule has 5 atom stereocenters. The van der Waals surface area contributed by atoms with Gasteiger partial charge in [-0.1, -0.05) is 57.2 Å². The second kappa shape index (κ2) is 8.25. The quantitative estimate of drug-likeness (QED) is 0.627. The number of hydrogen-bond donors (Lipinski definition) is 0. The molecule has 5 unspecified atom stereocenters. The number of benzene rings is 2. The van der Waals surface area contributed by atoms with E-state index in [0.717, 1.165) is 19.3 Å². The van der Waals surface area contributed by atoms with Crippen molar-refractivity contribution < 1.29 is 19.1 Å². The first-order chi connectivity index (χ1) is 14.3. The van der Waals surface area contributed by atoms with Gasteiger partial charge in [0, 0.05) is 5.92 Å². The number of carbonyl (C=O) groups is 2. The molecule has 0 aromatic heterocycles. The maximum absolute atomic E-state index is 12.9. The number of ether oxygens (including phenoxy) is 2. The maximum Gasteiger partial charge on any atom is 0.338 e. The van der Waals surface area contributed by atoms with Crippen LogP contribution in [0.25, 0.3) is 0 Å². The van der Waals surface area contributed by atoms with Gasteiger partial charge in [-0.25, -0.2) is 9.59 Å². The molecule has 3 saturated carbocycles. The third-order valence-electron chi connectivity index (χ3n) is 6.77. The molecule has 4 nitrogen and oxygen atoms in total. The van der Waals surface area contributed by atoms with Crippen LogP contribution in [0.2, 0.25) is 0 Å². The number of fused-ring (bicyclic) bond motifs is 3. The molecule has 3 aliphatic rings. The van der Waals surface area contributed by atoms with E-state index in [1.54, 1.807) is 24.3 Å². The standard InChI is InChI=1S/C26H30O4/c1-26(2,3)21-16-19-14-15-20(21)23(30-25(28)18-12-8-5-9-13-18)22(19)29-24(27)17-10-6-4-7-11-17/h4-13,19-23H,14-16H2,1-3H3. The minimum absolute atomic E-state index is 0.106. The van der Waals surface area contributed by atoms with Gasteiger partial charge in [0.25, 0.3) is 0 Å². The highest BCUT2D eigenvalue weighted by molar-refractivity contribution is 5.90. The van der Waals surface area contributed by atoms with Gasteiger partial charge in [0.05, 0.1) is 11.1 Å². The molecular weight excluding hydrogens is 376 g/mol. The van der Waals surface area contributed by atoms with Crippen LogP contribution in [0.3, 0.4) is 0 Å². The summed E-state index contributed by atoms with van der Waals surface area (Å²) in [7, 11) is 0. The minimum Gasteiger partial charge on any atom is -0.455 e. The van der Waals surface area contributed by atoms with Crippen molar-refractivity contribution in [2.24, 2.45) is 23.2 Å². The van der Waals surface area contributed by atoms with Crippen molar-refractivity contribution in [3.05, 3.63) is 71.8 Å². The lowest BCUT2D eigenvalue weighted by molar-refractivity contribution is -0.157. The highest BCUT2D eigenvalue weighted by atomic mass is 16.6. The fraction of sp³-hybridized carbons (Fsp3) is 0.462. The van der Waals surface area contributed by atoms with E-state index in [1.807, 2.05) is 36.4 Å². The Labute approximate surface area is 178 Å². The Bertz CT molecular complexity index is 884. The topological polar surface area (TPSA) is 52.6 Å². The van der Waals surface area contributed by atoms with Crippen LogP contribution in [0.1, 0.15) is 60.7 Å². The molecular formula is C26H30O4. The molecule has 3 aliphatic carbocycles. The van der Waals surface area contributed by atoms with Crippen LogP contribution < -0.4 is 0 Å². The number of esters is 2. The minimum atomic E-state index is -0.415. The van der Waals surface area contributed by atoms with Crippen LogP contribution in [-0.4, -0.2) is 24.1 Å². The zero-order valence-electron chi connectivity index (χ0n) is 17.9. The second-order valence-electron chi connectivity index (χ2n) is 9.68. The predicted molar refractivity (Wildman–Crippen MR) is 115 cm³/mol. The summed E-state index contributed by atoms with van der Waals surface area (Å²) in [6, 6.07) is 18.1. The third-order valence-corrected chi connectivity index (χ3v) is 6.77. The van der Waals surface area contributed by atoms with Crippen molar-refractivity contribution in [2.45, 2.75) is 52.2 Å². The molecule has 0 saturated heterocycles. The first-order valence-corrected chi connectivity index (χ1v) is 10.9. The lowest BCUT2D eigenvalue weighted by Gasteiger charge is -2.54. The monoisotopic (exact) mass is 406 g/mol. The van der Waals surface area contributed by atoms with E-state index in [2.05, 4.69) is 20.8 Å². The molecule has 2 aromatic carbocycles. The predicted octanol–water partition coefficient (Wildman–Crippen LogP) is 5.53. The number of carbonyl (C=O) groups excluding carboxylic acids is 2. The van der Waals surface area contributed by atoms with E-state index in [-0.39, 0.29) is 29.2 Å². The largest absolute Gasteiger partial charge is 0.455 e. The highest BCUT2D eigenvalue weighted by Gasteiger charge is 2.55. The van der Waals surface area contributed by atoms with Gasteiger partial charge in [0.2, 0.25) is 0 Å². The first kappa shape index (κ1) is 20.6. The smallest absolute Gasteiger partial charge is 0.338 e. The molecule has 2 aromatic rings. The third kappa shape index (κ3) is 4.14. The van der Waals surface area contributed by atoms with Gasteiger partial charge in [-0.15, -0.1) is 0 Å².